The van der Waals surface area contributed by atoms with Crippen molar-refractivity contribution in [3.63, 3.8) is 0 Å². The monoisotopic (exact) mass is 327 g/mol. The maximum Gasteiger partial charge on any atom is 0.328 e. The number of ether oxygens (including phenoxy) is 1. The Bertz CT molecular complexity index is 524. The molecule has 2 N–H and O–H groups in total. The molecule has 1 unspecified atom stereocenters. The van der Waals surface area contributed by atoms with E-state index in [0.717, 1.165) is 0 Å². The molecule has 1 atom stereocenters. The van der Waals surface area contributed by atoms with Gasteiger partial charge < -0.3 is 15.2 Å². The van der Waals surface area contributed by atoms with Gasteiger partial charge in [-0.1, -0.05) is 18.2 Å². The average molecular weight is 327 g/mol. The lowest BCUT2D eigenvalue weighted by Gasteiger charge is -2.14. The van der Waals surface area contributed by atoms with Gasteiger partial charge in [0.25, 0.3) is 0 Å². The summed E-state index contributed by atoms with van der Waals surface area (Å²) in [7, 11) is 0. The van der Waals surface area contributed by atoms with Crippen molar-refractivity contribution in [2.75, 3.05) is 19.0 Å². The third kappa shape index (κ3) is 6.73. The fourth-order valence-corrected chi connectivity index (χ4v) is 2.41. The summed E-state index contributed by atoms with van der Waals surface area (Å²) in [5.74, 6) is -1.57. The Morgan fingerprint density at radius 3 is 2.82 bits per heavy atom. The lowest BCUT2D eigenvalue weighted by atomic mass is 10.3. The fourth-order valence-electron chi connectivity index (χ4n) is 1.53. The summed E-state index contributed by atoms with van der Waals surface area (Å²) in [5.41, 5.74) is 0. The molecule has 0 aliphatic heterocycles. The summed E-state index contributed by atoms with van der Waals surface area (Å²) in [6.45, 7) is 3.53. The number of aliphatic carboxylic acids is 1. The molecule has 120 valence electrons. The molecule has 0 radical (unpaired) electrons. The molecular formula is C15H18FNO4S. The summed E-state index contributed by atoms with van der Waals surface area (Å²) in [5, 5.41) is 11.4. The Balaban J connectivity index is 2.36. The van der Waals surface area contributed by atoms with Crippen molar-refractivity contribution in [1.82, 2.24) is 5.32 Å². The number of rotatable bonds is 10. The molecule has 1 amide bonds. The second-order valence-electron chi connectivity index (χ2n) is 4.31. The Kier molecular flexibility index (Phi) is 8.24. The van der Waals surface area contributed by atoms with Crippen molar-refractivity contribution in [3.05, 3.63) is 42.7 Å². The van der Waals surface area contributed by atoms with Crippen LogP contribution < -0.4 is 5.32 Å². The second-order valence-corrected chi connectivity index (χ2v) is 5.45. The van der Waals surface area contributed by atoms with E-state index in [0.29, 0.717) is 10.6 Å². The van der Waals surface area contributed by atoms with E-state index in [-0.39, 0.29) is 25.5 Å². The zero-order valence-electron chi connectivity index (χ0n) is 12.0. The van der Waals surface area contributed by atoms with Crippen molar-refractivity contribution in [2.45, 2.75) is 17.4 Å². The highest BCUT2D eigenvalue weighted by atomic mass is 32.2. The Labute approximate surface area is 132 Å². The number of benzene rings is 1. The number of carboxylic acids is 1. The highest BCUT2D eigenvalue weighted by molar-refractivity contribution is 7.99. The highest BCUT2D eigenvalue weighted by Crippen LogP contribution is 2.21. The summed E-state index contributed by atoms with van der Waals surface area (Å²) in [4.78, 5) is 23.2. The number of carbonyl (C=O) groups excluding carboxylic acids is 1. The third-order valence-electron chi connectivity index (χ3n) is 2.58. The normalized spacial score (nSPS) is 11.7. The first-order chi connectivity index (χ1) is 10.5. The molecular weight excluding hydrogens is 309 g/mol. The van der Waals surface area contributed by atoms with Gasteiger partial charge in [-0.05, 0) is 12.1 Å². The van der Waals surface area contributed by atoms with Crippen LogP contribution in [0.3, 0.4) is 0 Å². The molecule has 0 aromatic heterocycles. The molecule has 0 aliphatic carbocycles. The van der Waals surface area contributed by atoms with Crippen LogP contribution in [0.5, 0.6) is 0 Å². The quantitative estimate of drug-likeness (QED) is 0.391. The molecule has 0 heterocycles. The largest absolute Gasteiger partial charge is 0.480 e. The van der Waals surface area contributed by atoms with Crippen LogP contribution in [0.4, 0.5) is 4.39 Å². The number of nitrogens with one attached hydrogen (secondary N) is 1. The van der Waals surface area contributed by atoms with E-state index in [4.69, 9.17) is 9.84 Å². The first-order valence-electron chi connectivity index (χ1n) is 6.62. The van der Waals surface area contributed by atoms with Crippen LogP contribution in [-0.4, -0.2) is 42.0 Å². The number of hydrogen-bond acceptors (Lipinski definition) is 4. The molecule has 0 spiro atoms. The highest BCUT2D eigenvalue weighted by Gasteiger charge is 2.19. The van der Waals surface area contributed by atoms with Crippen LogP contribution >= 0.6 is 11.8 Å². The maximum absolute atomic E-state index is 13.4. The molecule has 5 nitrogen and oxygen atoms in total. The van der Waals surface area contributed by atoms with Crippen LogP contribution in [-0.2, 0) is 14.3 Å². The Morgan fingerprint density at radius 1 is 1.45 bits per heavy atom. The summed E-state index contributed by atoms with van der Waals surface area (Å²) in [6.07, 6.45) is 1.58. The zero-order chi connectivity index (χ0) is 16.4. The average Bonchev–Trinajstić information content (AvgIpc) is 2.48. The predicted molar refractivity (Wildman–Crippen MR) is 82.3 cm³/mol. The van der Waals surface area contributed by atoms with Crippen LogP contribution in [0.15, 0.2) is 41.8 Å². The third-order valence-corrected chi connectivity index (χ3v) is 3.63. The van der Waals surface area contributed by atoms with Crippen LogP contribution in [0.25, 0.3) is 0 Å². The molecule has 1 rings (SSSR count). The van der Waals surface area contributed by atoms with Gasteiger partial charge >= 0.3 is 5.97 Å². The molecule has 0 aliphatic rings. The first kappa shape index (κ1) is 18.2. The minimum absolute atomic E-state index is 0.0875. The van der Waals surface area contributed by atoms with Gasteiger partial charge in [0.1, 0.15) is 5.82 Å². The Hall–Kier alpha value is -1.86. The van der Waals surface area contributed by atoms with Crippen LogP contribution in [0.1, 0.15) is 6.42 Å². The fraction of sp³-hybridized carbons (Fsp3) is 0.333. The SMILES string of the molecule is C=CCOCC(NC(=O)CCSc1ccccc1F)C(=O)O. The topological polar surface area (TPSA) is 75.6 Å². The van der Waals surface area contributed by atoms with E-state index in [1.807, 2.05) is 0 Å². The summed E-state index contributed by atoms with van der Waals surface area (Å²) >= 11 is 1.20. The van der Waals surface area contributed by atoms with E-state index in [9.17, 15) is 14.0 Å². The number of thioether (sulfide) groups is 1. The Morgan fingerprint density at radius 2 is 2.18 bits per heavy atom. The first-order valence-corrected chi connectivity index (χ1v) is 7.61. The van der Waals surface area contributed by atoms with Gasteiger partial charge in [-0.2, -0.15) is 0 Å². The molecule has 1 aromatic rings. The molecule has 0 bridgehead atoms. The van der Waals surface area contributed by atoms with Gasteiger partial charge in [-0.15, -0.1) is 18.3 Å². The molecule has 1 aromatic carbocycles. The van der Waals surface area contributed by atoms with Gasteiger partial charge in [0.05, 0.1) is 13.2 Å². The van der Waals surface area contributed by atoms with E-state index in [2.05, 4.69) is 11.9 Å². The minimum atomic E-state index is -1.17. The second kappa shape index (κ2) is 9.97. The molecule has 22 heavy (non-hydrogen) atoms. The molecule has 7 heteroatoms. The standard InChI is InChI=1S/C15H18FNO4S/c1-2-8-21-10-12(15(19)20)17-14(18)7-9-22-13-6-4-3-5-11(13)16/h2-6,12H,1,7-10H2,(H,17,18)(H,19,20). The summed E-state index contributed by atoms with van der Waals surface area (Å²) < 4.78 is 18.4. The lowest BCUT2D eigenvalue weighted by molar-refractivity contribution is -0.143. The van der Waals surface area contributed by atoms with E-state index in [1.54, 1.807) is 18.2 Å². The smallest absolute Gasteiger partial charge is 0.328 e. The van der Waals surface area contributed by atoms with Gasteiger partial charge in [0.2, 0.25) is 5.91 Å². The maximum atomic E-state index is 13.4. The van der Waals surface area contributed by atoms with Crippen molar-refractivity contribution in [3.8, 4) is 0 Å². The van der Waals surface area contributed by atoms with Crippen LogP contribution in [0.2, 0.25) is 0 Å². The molecule has 0 saturated heterocycles. The van der Waals surface area contributed by atoms with Crippen LogP contribution in [0, 0.1) is 5.82 Å². The van der Waals surface area contributed by atoms with Crippen molar-refractivity contribution < 1.29 is 23.8 Å². The van der Waals surface area contributed by atoms with E-state index >= 15 is 0 Å². The van der Waals surface area contributed by atoms with Gasteiger partial charge in [0, 0.05) is 17.1 Å². The van der Waals surface area contributed by atoms with Gasteiger partial charge in [0.15, 0.2) is 6.04 Å². The van der Waals surface area contributed by atoms with E-state index in [1.165, 1.54) is 23.9 Å². The molecule has 0 fully saturated rings. The molecule has 0 saturated carbocycles. The zero-order valence-corrected chi connectivity index (χ0v) is 12.8. The summed E-state index contributed by atoms with van der Waals surface area (Å²) in [6, 6.07) is 5.17. The number of carbonyl (C=O) groups is 2. The van der Waals surface area contributed by atoms with E-state index < -0.39 is 17.9 Å². The van der Waals surface area contributed by atoms with Gasteiger partial charge in [-0.25, -0.2) is 9.18 Å². The van der Waals surface area contributed by atoms with Gasteiger partial charge in [-0.3, -0.25) is 4.79 Å². The number of amides is 1. The number of halogens is 1. The lowest BCUT2D eigenvalue weighted by Crippen LogP contribution is -2.44. The van der Waals surface area contributed by atoms with Crippen molar-refractivity contribution >= 4 is 23.6 Å². The van der Waals surface area contributed by atoms with Crippen molar-refractivity contribution in [2.24, 2.45) is 0 Å². The number of hydrogen-bond donors (Lipinski definition) is 2. The minimum Gasteiger partial charge on any atom is -0.480 e. The number of carboxylic acid groups (broad SMARTS) is 1. The predicted octanol–water partition coefficient (Wildman–Crippen LogP) is 2.08. The van der Waals surface area contributed by atoms with Crippen molar-refractivity contribution in [1.29, 1.82) is 0 Å².